The molecule has 1 amide bonds. The van der Waals surface area contributed by atoms with E-state index in [0.717, 1.165) is 5.01 Å². The molecular weight excluding hydrogens is 304 g/mol. The van der Waals surface area contributed by atoms with Crippen LogP contribution < -0.4 is 16.1 Å². The minimum Gasteiger partial charge on any atom is -0.529 e. The van der Waals surface area contributed by atoms with Crippen molar-refractivity contribution in [1.82, 2.24) is 14.6 Å². The molecule has 23 heavy (non-hydrogen) atoms. The highest BCUT2D eigenvalue weighted by Gasteiger charge is 2.13. The molecule has 0 saturated carbocycles. The number of ether oxygens (including phenoxy) is 1. The molecule has 1 aromatic carbocycles. The maximum Gasteiger partial charge on any atom is 0.337 e. The summed E-state index contributed by atoms with van der Waals surface area (Å²) in [6.45, 7) is 1.64. The van der Waals surface area contributed by atoms with Crippen molar-refractivity contribution in [3.63, 3.8) is 0 Å². The summed E-state index contributed by atoms with van der Waals surface area (Å²) >= 11 is 0. The number of hydrazine groups is 1. The van der Waals surface area contributed by atoms with Crippen LogP contribution in [0.4, 0.5) is 10.6 Å². The van der Waals surface area contributed by atoms with Crippen molar-refractivity contribution >= 4 is 28.9 Å². The number of hydrogen-bond donors (Lipinski definition) is 1. The number of aryl methyl sites for hydroxylation is 1. The second-order valence-electron chi connectivity index (χ2n) is 4.64. The third-order valence-electron chi connectivity index (χ3n) is 3.27. The van der Waals surface area contributed by atoms with Gasteiger partial charge < -0.3 is 19.2 Å². The Hall–Kier alpha value is -3.10. The molecule has 0 saturated heterocycles. The molecule has 9 nitrogen and oxygen atoms in total. The number of rotatable bonds is 4. The first-order valence-corrected chi connectivity index (χ1v) is 6.73. The van der Waals surface area contributed by atoms with Crippen LogP contribution >= 0.6 is 0 Å². The first kappa shape index (κ1) is 16.3. The van der Waals surface area contributed by atoms with Crippen LogP contribution in [-0.2, 0) is 11.8 Å². The fraction of sp³-hybridized carbons (Fsp3) is 0.286. The van der Waals surface area contributed by atoms with Crippen molar-refractivity contribution in [3.05, 3.63) is 34.1 Å². The lowest BCUT2D eigenvalue weighted by Gasteiger charge is -2.24. The molecule has 0 bridgehead atoms. The average Bonchev–Trinajstić information content (AvgIpc) is 2.55. The zero-order valence-corrected chi connectivity index (χ0v) is 12.8. The Labute approximate surface area is 131 Å². The van der Waals surface area contributed by atoms with E-state index in [1.165, 1.54) is 30.9 Å². The number of fused-ring (bicyclic) bond motifs is 1. The lowest BCUT2D eigenvalue weighted by molar-refractivity contribution is -0.263. The Balaban J connectivity index is 2.58. The van der Waals surface area contributed by atoms with Crippen molar-refractivity contribution in [2.24, 2.45) is 7.05 Å². The molecule has 0 atom stereocenters. The van der Waals surface area contributed by atoms with E-state index in [1.807, 2.05) is 0 Å². The van der Waals surface area contributed by atoms with Gasteiger partial charge in [0, 0.05) is 13.6 Å². The monoisotopic (exact) mass is 319 g/mol. The molecule has 0 unspecified atom stereocenters. The topological polar surface area (TPSA) is 117 Å². The van der Waals surface area contributed by atoms with Crippen LogP contribution in [0.2, 0.25) is 0 Å². The first-order chi connectivity index (χ1) is 10.9. The predicted octanol–water partition coefficient (Wildman–Crippen LogP) is -0.288. The molecule has 0 fully saturated rings. The standard InChI is InChI=1S/C14H16N4O5/c1-4-18(14(21)22)16-11-12(19)17(2)10-6-5-8(13(20)23-3)7-9(10)15-11/h5-7H,4H2,1-3H3,(H,15,16)(H,21,22)/p-1. The quantitative estimate of drug-likeness (QED) is 0.608. The summed E-state index contributed by atoms with van der Waals surface area (Å²) in [5, 5.41) is 11.7. The normalized spacial score (nSPS) is 10.4. The van der Waals surface area contributed by atoms with Crippen LogP contribution in [0.1, 0.15) is 17.3 Å². The highest BCUT2D eigenvalue weighted by Crippen LogP contribution is 2.15. The van der Waals surface area contributed by atoms with Crippen LogP contribution in [0.15, 0.2) is 23.0 Å². The van der Waals surface area contributed by atoms with Gasteiger partial charge in [0.05, 0.1) is 23.7 Å². The van der Waals surface area contributed by atoms with Crippen LogP contribution in [0, 0.1) is 0 Å². The van der Waals surface area contributed by atoms with E-state index in [4.69, 9.17) is 0 Å². The van der Waals surface area contributed by atoms with Gasteiger partial charge >= 0.3 is 5.97 Å². The Morgan fingerprint density at radius 1 is 1.43 bits per heavy atom. The molecule has 122 valence electrons. The first-order valence-electron chi connectivity index (χ1n) is 6.73. The maximum atomic E-state index is 12.2. The summed E-state index contributed by atoms with van der Waals surface area (Å²) in [7, 11) is 2.78. The Bertz CT molecular complexity index is 830. The van der Waals surface area contributed by atoms with Crippen LogP contribution in [0.5, 0.6) is 0 Å². The number of methoxy groups -OCH3 is 1. The minimum absolute atomic E-state index is 0.0629. The number of nitrogens with one attached hydrogen (secondary N) is 1. The molecule has 9 heteroatoms. The number of esters is 1. The van der Waals surface area contributed by atoms with E-state index in [-0.39, 0.29) is 17.9 Å². The smallest absolute Gasteiger partial charge is 0.337 e. The number of anilines is 1. The number of nitrogens with zero attached hydrogens (tertiary/aromatic N) is 3. The summed E-state index contributed by atoms with van der Waals surface area (Å²) in [5.41, 5.74) is 2.99. The van der Waals surface area contributed by atoms with Gasteiger partial charge in [-0.15, -0.1) is 0 Å². The van der Waals surface area contributed by atoms with Gasteiger partial charge in [-0.25, -0.2) is 9.78 Å². The highest BCUT2D eigenvalue weighted by atomic mass is 16.5. The van der Waals surface area contributed by atoms with Crippen molar-refractivity contribution in [1.29, 1.82) is 0 Å². The molecule has 1 N–H and O–H groups in total. The number of benzene rings is 1. The molecule has 1 heterocycles. The SMILES string of the molecule is CCN(Nc1nc2cc(C(=O)OC)ccc2n(C)c1=O)C(=O)[O-]. The van der Waals surface area contributed by atoms with Gasteiger partial charge in [-0.1, -0.05) is 0 Å². The van der Waals surface area contributed by atoms with Crippen LogP contribution in [-0.4, -0.2) is 40.3 Å². The van der Waals surface area contributed by atoms with E-state index in [9.17, 15) is 19.5 Å². The van der Waals surface area contributed by atoms with Crippen molar-refractivity contribution in [2.75, 3.05) is 19.1 Å². The van der Waals surface area contributed by atoms with Gasteiger partial charge in [-0.2, -0.15) is 0 Å². The lowest BCUT2D eigenvalue weighted by Crippen LogP contribution is -2.46. The number of hydrogen-bond acceptors (Lipinski definition) is 7. The van der Waals surface area contributed by atoms with E-state index in [0.29, 0.717) is 11.0 Å². The fourth-order valence-corrected chi connectivity index (χ4v) is 2.03. The lowest BCUT2D eigenvalue weighted by atomic mass is 10.2. The molecule has 0 radical (unpaired) electrons. The molecule has 0 aliphatic carbocycles. The number of carboxylic acid groups (broad SMARTS) is 1. The van der Waals surface area contributed by atoms with Gasteiger partial charge in [-0.3, -0.25) is 15.2 Å². The molecule has 2 aromatic rings. The number of amides is 1. The van der Waals surface area contributed by atoms with Crippen molar-refractivity contribution in [2.45, 2.75) is 6.92 Å². The second kappa shape index (κ2) is 6.34. The summed E-state index contributed by atoms with van der Waals surface area (Å²) in [5.74, 6) is -0.727. The number of aromatic nitrogens is 2. The minimum atomic E-state index is -1.49. The molecule has 0 aliphatic rings. The fourth-order valence-electron chi connectivity index (χ4n) is 2.03. The van der Waals surface area contributed by atoms with Crippen LogP contribution in [0.25, 0.3) is 11.0 Å². The molecule has 2 rings (SSSR count). The summed E-state index contributed by atoms with van der Waals surface area (Å²) < 4.78 is 5.94. The van der Waals surface area contributed by atoms with Crippen molar-refractivity contribution in [3.8, 4) is 0 Å². The van der Waals surface area contributed by atoms with Gasteiger partial charge in [0.1, 0.15) is 0 Å². The Morgan fingerprint density at radius 3 is 2.70 bits per heavy atom. The summed E-state index contributed by atoms with van der Waals surface area (Å²) in [6.07, 6.45) is -1.49. The molecule has 0 spiro atoms. The van der Waals surface area contributed by atoms with Crippen molar-refractivity contribution < 1.29 is 19.4 Å². The molecule has 1 aromatic heterocycles. The Morgan fingerprint density at radius 2 is 2.13 bits per heavy atom. The molecule has 0 aliphatic heterocycles. The third kappa shape index (κ3) is 3.07. The van der Waals surface area contributed by atoms with Gasteiger partial charge in [0.2, 0.25) is 5.82 Å². The summed E-state index contributed by atoms with van der Waals surface area (Å²) in [6, 6.07) is 4.54. The predicted molar refractivity (Wildman–Crippen MR) is 79.7 cm³/mol. The van der Waals surface area contributed by atoms with E-state index < -0.39 is 17.6 Å². The number of carbonyl (C=O) groups is 2. The van der Waals surface area contributed by atoms with Crippen LogP contribution in [0.3, 0.4) is 0 Å². The zero-order chi connectivity index (χ0) is 17.1. The summed E-state index contributed by atoms with van der Waals surface area (Å²) in [4.78, 5) is 38.8. The van der Waals surface area contributed by atoms with Gasteiger partial charge in [0.25, 0.3) is 5.56 Å². The average molecular weight is 319 g/mol. The van der Waals surface area contributed by atoms with E-state index in [2.05, 4.69) is 15.1 Å². The molecular formula is C14H15N4O5-. The number of carbonyl (C=O) groups excluding carboxylic acids is 2. The second-order valence-corrected chi connectivity index (χ2v) is 4.64. The van der Waals surface area contributed by atoms with E-state index in [1.54, 1.807) is 13.0 Å². The van der Waals surface area contributed by atoms with Gasteiger partial charge in [0.15, 0.2) is 6.09 Å². The maximum absolute atomic E-state index is 12.2. The van der Waals surface area contributed by atoms with E-state index >= 15 is 0 Å². The Kier molecular flexibility index (Phi) is 4.49. The van der Waals surface area contributed by atoms with Gasteiger partial charge in [-0.05, 0) is 25.1 Å². The highest BCUT2D eigenvalue weighted by molar-refractivity contribution is 5.93. The zero-order valence-electron chi connectivity index (χ0n) is 12.8. The third-order valence-corrected chi connectivity index (χ3v) is 3.27. The largest absolute Gasteiger partial charge is 0.529 e.